The number of rotatable bonds is 5. The molecule has 0 fully saturated rings. The molecule has 35 heavy (non-hydrogen) atoms. The van der Waals surface area contributed by atoms with E-state index in [9.17, 15) is 19.1 Å². The fourth-order valence-electron chi connectivity index (χ4n) is 4.58. The van der Waals surface area contributed by atoms with Gasteiger partial charge in [-0.15, -0.1) is 0 Å². The molecule has 0 aliphatic heterocycles. The number of carboxylic acid groups (broad SMARTS) is 1. The van der Waals surface area contributed by atoms with E-state index in [-0.39, 0.29) is 22.7 Å². The number of aromatic nitrogens is 1. The normalized spacial score (nSPS) is 13.1. The monoisotopic (exact) mass is 471 g/mol. The molecule has 0 atom stereocenters. The van der Waals surface area contributed by atoms with Crippen LogP contribution in [0.1, 0.15) is 50.8 Å². The fraction of sp³-hybridized carbons (Fsp3) is 0.148. The second-order valence-electron chi connectivity index (χ2n) is 8.52. The van der Waals surface area contributed by atoms with Gasteiger partial charge in [0.25, 0.3) is 5.91 Å². The molecule has 7 nitrogen and oxygen atoms in total. The Kier molecular flexibility index (Phi) is 5.56. The summed E-state index contributed by atoms with van der Waals surface area (Å²) in [6.45, 7) is 1.61. The summed E-state index contributed by atoms with van der Waals surface area (Å²) in [7, 11) is 0. The highest BCUT2D eigenvalue weighted by molar-refractivity contribution is 6.13. The standard InChI is InChI=1S/C27H22FN3O4/c1-15(29-30-25(32)17-5-7-18(8-6-17)27(34)35)24-22-14-20(28)10-12-23(22)31(26(24)33)21-11-9-16-3-2-4-19(16)13-21/h5-14,33H,2-4H2,1H3,(H,30,32)(H,34,35)/b29-15+. The fourth-order valence-corrected chi connectivity index (χ4v) is 4.58. The van der Waals surface area contributed by atoms with Crippen LogP contribution in [0, 0.1) is 5.82 Å². The lowest BCUT2D eigenvalue weighted by Crippen LogP contribution is -2.19. The minimum Gasteiger partial charge on any atom is -0.494 e. The largest absolute Gasteiger partial charge is 0.494 e. The van der Waals surface area contributed by atoms with Gasteiger partial charge < -0.3 is 10.2 Å². The summed E-state index contributed by atoms with van der Waals surface area (Å²) in [4.78, 5) is 23.5. The zero-order valence-corrected chi connectivity index (χ0v) is 18.9. The first-order valence-corrected chi connectivity index (χ1v) is 11.2. The smallest absolute Gasteiger partial charge is 0.335 e. The van der Waals surface area contributed by atoms with Gasteiger partial charge in [-0.2, -0.15) is 5.10 Å². The number of nitrogens with one attached hydrogen (secondary N) is 1. The maximum atomic E-state index is 14.2. The summed E-state index contributed by atoms with van der Waals surface area (Å²) in [5.41, 5.74) is 7.21. The minimum absolute atomic E-state index is 0.0625. The van der Waals surface area contributed by atoms with E-state index >= 15 is 0 Å². The van der Waals surface area contributed by atoms with Gasteiger partial charge in [-0.05, 0) is 91.9 Å². The Morgan fingerprint density at radius 3 is 2.43 bits per heavy atom. The first-order valence-electron chi connectivity index (χ1n) is 11.2. The molecular weight excluding hydrogens is 449 g/mol. The van der Waals surface area contributed by atoms with E-state index in [0.717, 1.165) is 24.9 Å². The Morgan fingerprint density at radius 1 is 0.971 bits per heavy atom. The summed E-state index contributed by atoms with van der Waals surface area (Å²) >= 11 is 0. The number of amides is 1. The Balaban J connectivity index is 1.52. The molecule has 8 heteroatoms. The second kappa shape index (κ2) is 8.72. The number of aromatic hydroxyl groups is 1. The third-order valence-corrected chi connectivity index (χ3v) is 6.33. The van der Waals surface area contributed by atoms with Gasteiger partial charge in [-0.3, -0.25) is 9.36 Å². The van der Waals surface area contributed by atoms with Crippen molar-refractivity contribution in [1.82, 2.24) is 9.99 Å². The van der Waals surface area contributed by atoms with Gasteiger partial charge in [0.1, 0.15) is 5.82 Å². The number of hydrazone groups is 1. The molecule has 1 amide bonds. The van der Waals surface area contributed by atoms with Gasteiger partial charge >= 0.3 is 5.97 Å². The quantitative estimate of drug-likeness (QED) is 0.287. The zero-order valence-electron chi connectivity index (χ0n) is 18.9. The Bertz CT molecular complexity index is 1520. The molecule has 0 bridgehead atoms. The van der Waals surface area contributed by atoms with Crippen molar-refractivity contribution in [3.05, 3.63) is 94.3 Å². The van der Waals surface area contributed by atoms with Crippen molar-refractivity contribution >= 4 is 28.5 Å². The SMILES string of the molecule is C/C(=N\NC(=O)c1ccc(C(=O)O)cc1)c1c(O)n(-c2ccc3c(c2)CCC3)c2ccc(F)cc12. The van der Waals surface area contributed by atoms with E-state index < -0.39 is 17.7 Å². The van der Waals surface area contributed by atoms with Crippen molar-refractivity contribution in [3.8, 4) is 11.6 Å². The highest BCUT2D eigenvalue weighted by atomic mass is 19.1. The van der Waals surface area contributed by atoms with Crippen LogP contribution in [0.5, 0.6) is 5.88 Å². The molecule has 1 aliphatic carbocycles. The molecule has 1 aromatic heterocycles. The first-order chi connectivity index (χ1) is 16.8. The zero-order chi connectivity index (χ0) is 24.7. The van der Waals surface area contributed by atoms with Gasteiger partial charge in [0.05, 0.1) is 22.4 Å². The van der Waals surface area contributed by atoms with Crippen LogP contribution in [0.15, 0.2) is 65.8 Å². The topological polar surface area (TPSA) is 104 Å². The lowest BCUT2D eigenvalue weighted by molar-refractivity contribution is 0.0696. The molecule has 3 N–H and O–H groups in total. The van der Waals surface area contributed by atoms with Gasteiger partial charge in [-0.1, -0.05) is 6.07 Å². The van der Waals surface area contributed by atoms with Crippen LogP contribution in [-0.2, 0) is 12.8 Å². The number of hydrogen-bond donors (Lipinski definition) is 3. The van der Waals surface area contributed by atoms with Crippen molar-refractivity contribution in [3.63, 3.8) is 0 Å². The van der Waals surface area contributed by atoms with Crippen molar-refractivity contribution < 1.29 is 24.2 Å². The molecule has 1 aliphatic rings. The summed E-state index contributed by atoms with van der Waals surface area (Å²) in [5, 5.41) is 24.8. The van der Waals surface area contributed by atoms with E-state index in [1.165, 1.54) is 47.5 Å². The van der Waals surface area contributed by atoms with Crippen LogP contribution in [0.4, 0.5) is 4.39 Å². The van der Waals surface area contributed by atoms with E-state index in [1.54, 1.807) is 17.6 Å². The maximum absolute atomic E-state index is 14.2. The van der Waals surface area contributed by atoms with Crippen LogP contribution in [0.3, 0.4) is 0 Å². The van der Waals surface area contributed by atoms with Gasteiger partial charge in [-0.25, -0.2) is 14.6 Å². The molecule has 0 radical (unpaired) electrons. The van der Waals surface area contributed by atoms with Crippen molar-refractivity contribution in [2.24, 2.45) is 5.10 Å². The number of carboxylic acids is 1. The predicted molar refractivity (Wildman–Crippen MR) is 130 cm³/mol. The number of aryl methyl sites for hydroxylation is 2. The summed E-state index contributed by atoms with van der Waals surface area (Å²) in [5.74, 6) is -2.20. The minimum atomic E-state index is -1.09. The number of halogens is 1. The third-order valence-electron chi connectivity index (χ3n) is 6.33. The number of fused-ring (bicyclic) bond motifs is 2. The van der Waals surface area contributed by atoms with E-state index in [4.69, 9.17) is 5.11 Å². The number of aromatic carboxylic acids is 1. The molecule has 0 spiro atoms. The molecule has 3 aromatic carbocycles. The molecule has 0 saturated heterocycles. The first kappa shape index (κ1) is 22.3. The number of nitrogens with zero attached hydrogens (tertiary/aromatic N) is 2. The van der Waals surface area contributed by atoms with Crippen molar-refractivity contribution in [2.45, 2.75) is 26.2 Å². The van der Waals surface area contributed by atoms with Gasteiger partial charge in [0, 0.05) is 16.6 Å². The Labute approximate surface area is 200 Å². The van der Waals surface area contributed by atoms with Crippen LogP contribution < -0.4 is 5.43 Å². The van der Waals surface area contributed by atoms with Gasteiger partial charge in [0.2, 0.25) is 5.88 Å². The summed E-state index contributed by atoms with van der Waals surface area (Å²) in [6.07, 6.45) is 3.11. The molecule has 0 unspecified atom stereocenters. The highest BCUT2D eigenvalue weighted by Crippen LogP contribution is 2.36. The van der Waals surface area contributed by atoms with Gasteiger partial charge in [0.15, 0.2) is 0 Å². The van der Waals surface area contributed by atoms with Crippen LogP contribution in [-0.4, -0.2) is 32.4 Å². The number of carbonyl (C=O) groups is 2. The molecule has 1 heterocycles. The number of hydrogen-bond acceptors (Lipinski definition) is 4. The number of carbonyl (C=O) groups excluding carboxylic acids is 1. The van der Waals surface area contributed by atoms with Crippen LogP contribution in [0.2, 0.25) is 0 Å². The lowest BCUT2D eigenvalue weighted by Gasteiger charge is -2.10. The average Bonchev–Trinajstić information content (AvgIpc) is 3.43. The highest BCUT2D eigenvalue weighted by Gasteiger charge is 2.22. The summed E-state index contributed by atoms with van der Waals surface area (Å²) < 4.78 is 15.8. The van der Waals surface area contributed by atoms with E-state index in [0.29, 0.717) is 16.5 Å². The second-order valence-corrected chi connectivity index (χ2v) is 8.52. The predicted octanol–water partition coefficient (Wildman–Crippen LogP) is 4.82. The lowest BCUT2D eigenvalue weighted by atomic mass is 10.1. The Hall–Kier alpha value is -4.46. The van der Waals surface area contributed by atoms with Crippen LogP contribution >= 0.6 is 0 Å². The third kappa shape index (κ3) is 4.03. The van der Waals surface area contributed by atoms with Crippen molar-refractivity contribution in [1.29, 1.82) is 0 Å². The molecular formula is C27H22FN3O4. The summed E-state index contributed by atoms with van der Waals surface area (Å²) in [6, 6.07) is 15.7. The van der Waals surface area contributed by atoms with E-state index in [2.05, 4.69) is 16.6 Å². The number of benzene rings is 3. The molecule has 0 saturated carbocycles. The van der Waals surface area contributed by atoms with Crippen molar-refractivity contribution in [2.75, 3.05) is 0 Å². The molecule has 5 rings (SSSR count). The molecule has 4 aromatic rings. The maximum Gasteiger partial charge on any atom is 0.335 e. The van der Waals surface area contributed by atoms with Crippen LogP contribution in [0.25, 0.3) is 16.6 Å². The molecule has 176 valence electrons. The van der Waals surface area contributed by atoms with E-state index in [1.807, 2.05) is 12.1 Å². The Morgan fingerprint density at radius 2 is 1.69 bits per heavy atom. The average molecular weight is 471 g/mol.